The van der Waals surface area contributed by atoms with Gasteiger partial charge in [0, 0.05) is 54.2 Å². The van der Waals surface area contributed by atoms with Crippen LogP contribution in [0.4, 0.5) is 5.69 Å². The number of nitrogens with zero attached hydrogens (tertiary/aromatic N) is 2. The second kappa shape index (κ2) is 13.3. The Hall–Kier alpha value is -2.68. The third-order valence-corrected chi connectivity index (χ3v) is 7.08. The smallest absolute Gasteiger partial charge is 0.332 e. The van der Waals surface area contributed by atoms with Gasteiger partial charge in [-0.05, 0) is 55.8 Å². The van der Waals surface area contributed by atoms with E-state index in [1.165, 1.54) is 12.1 Å². The Bertz CT molecular complexity index is 974. The van der Waals surface area contributed by atoms with Gasteiger partial charge in [-0.3, -0.25) is 4.90 Å². The van der Waals surface area contributed by atoms with E-state index in [4.69, 9.17) is 20.3 Å². The van der Waals surface area contributed by atoms with Crippen LogP contribution < -0.4 is 20.1 Å². The van der Waals surface area contributed by atoms with Gasteiger partial charge in [-0.25, -0.2) is 4.79 Å². The highest BCUT2D eigenvalue weighted by Gasteiger charge is 2.18. The lowest BCUT2D eigenvalue weighted by atomic mass is 10.1. The van der Waals surface area contributed by atoms with Gasteiger partial charge in [-0.2, -0.15) is 0 Å². The average Bonchev–Trinajstić information content (AvgIpc) is 2.89. The Balaban J connectivity index is 0.000000212. The SMILES string of the molecule is COc1ccc(N2CCN(CCCCN)CC2)cc1OC.O=C(O)C1=Cc2ccccc2SC1. The van der Waals surface area contributed by atoms with Gasteiger partial charge in [-0.1, -0.05) is 18.2 Å². The van der Waals surface area contributed by atoms with Crippen LogP contribution in [0.5, 0.6) is 11.5 Å². The van der Waals surface area contributed by atoms with Crippen molar-refractivity contribution in [3.63, 3.8) is 0 Å². The molecule has 0 aliphatic carbocycles. The molecule has 2 aliphatic rings. The number of fused-ring (bicyclic) bond motifs is 1. The molecular formula is C26H35N3O4S. The number of benzene rings is 2. The number of carbonyl (C=O) groups is 1. The lowest BCUT2D eigenvalue weighted by Gasteiger charge is -2.36. The number of ether oxygens (including phenoxy) is 2. The number of methoxy groups -OCH3 is 2. The number of carboxylic acid groups (broad SMARTS) is 1. The van der Waals surface area contributed by atoms with Gasteiger partial charge in [0.15, 0.2) is 11.5 Å². The van der Waals surface area contributed by atoms with Crippen LogP contribution in [-0.2, 0) is 4.79 Å². The second-order valence-corrected chi connectivity index (χ2v) is 9.18. The number of thioether (sulfide) groups is 1. The first-order chi connectivity index (χ1) is 16.5. The Morgan fingerprint density at radius 3 is 2.44 bits per heavy atom. The number of unbranched alkanes of at least 4 members (excludes halogenated alkanes) is 1. The van der Waals surface area contributed by atoms with Gasteiger partial charge < -0.3 is 25.2 Å². The molecule has 3 N–H and O–H groups in total. The molecule has 184 valence electrons. The highest BCUT2D eigenvalue weighted by Crippen LogP contribution is 2.32. The fraction of sp³-hybridized carbons (Fsp3) is 0.423. The van der Waals surface area contributed by atoms with Crippen LogP contribution in [-0.4, -0.2) is 75.2 Å². The van der Waals surface area contributed by atoms with Gasteiger partial charge in [0.05, 0.1) is 14.2 Å². The molecule has 0 aromatic heterocycles. The largest absolute Gasteiger partial charge is 0.493 e. The summed E-state index contributed by atoms with van der Waals surface area (Å²) >= 11 is 1.58. The molecule has 2 heterocycles. The zero-order valence-electron chi connectivity index (χ0n) is 20.0. The van der Waals surface area contributed by atoms with Crippen LogP contribution >= 0.6 is 11.8 Å². The molecule has 8 heteroatoms. The summed E-state index contributed by atoms with van der Waals surface area (Å²) in [6, 6.07) is 14.0. The minimum Gasteiger partial charge on any atom is -0.493 e. The molecule has 4 rings (SSSR count). The monoisotopic (exact) mass is 485 g/mol. The van der Waals surface area contributed by atoms with Crippen molar-refractivity contribution in [1.29, 1.82) is 0 Å². The van der Waals surface area contributed by atoms with Gasteiger partial charge in [0.1, 0.15) is 0 Å². The molecular weight excluding hydrogens is 450 g/mol. The molecule has 0 amide bonds. The standard InChI is InChI=1S/C16H27N3O2.C10H8O2S/c1-20-15-6-5-14(13-16(15)21-2)19-11-9-18(10-12-19)8-4-3-7-17;11-10(12)8-5-7-3-1-2-4-9(7)13-6-8/h5-6,13H,3-4,7-12,17H2,1-2H3;1-5H,6H2,(H,11,12). The van der Waals surface area contributed by atoms with Crippen molar-refractivity contribution in [2.24, 2.45) is 5.73 Å². The van der Waals surface area contributed by atoms with Gasteiger partial charge in [0.25, 0.3) is 0 Å². The fourth-order valence-electron chi connectivity index (χ4n) is 3.97. The molecule has 0 unspecified atom stereocenters. The predicted molar refractivity (Wildman–Crippen MR) is 139 cm³/mol. The molecule has 0 bridgehead atoms. The summed E-state index contributed by atoms with van der Waals surface area (Å²) in [4.78, 5) is 16.8. The minimum atomic E-state index is -0.818. The lowest BCUT2D eigenvalue weighted by Crippen LogP contribution is -2.46. The quantitative estimate of drug-likeness (QED) is 0.546. The number of carboxylic acids is 1. The Labute approximate surface area is 206 Å². The van der Waals surface area contributed by atoms with E-state index in [1.807, 2.05) is 30.3 Å². The topological polar surface area (TPSA) is 88.3 Å². The van der Waals surface area contributed by atoms with E-state index >= 15 is 0 Å². The van der Waals surface area contributed by atoms with Crippen molar-refractivity contribution < 1.29 is 19.4 Å². The maximum atomic E-state index is 10.7. The number of hydrogen-bond donors (Lipinski definition) is 2. The van der Waals surface area contributed by atoms with Crippen LogP contribution in [0.25, 0.3) is 6.08 Å². The molecule has 7 nitrogen and oxygen atoms in total. The minimum absolute atomic E-state index is 0.476. The van der Waals surface area contributed by atoms with Crippen molar-refractivity contribution in [3.05, 3.63) is 53.6 Å². The summed E-state index contributed by atoms with van der Waals surface area (Å²) in [5.74, 6) is 1.32. The molecule has 2 aromatic carbocycles. The van der Waals surface area contributed by atoms with Crippen molar-refractivity contribution in [1.82, 2.24) is 4.90 Å². The first-order valence-electron chi connectivity index (χ1n) is 11.6. The van der Waals surface area contributed by atoms with Gasteiger partial charge in [-0.15, -0.1) is 11.8 Å². The van der Waals surface area contributed by atoms with Crippen molar-refractivity contribution in [3.8, 4) is 11.5 Å². The van der Waals surface area contributed by atoms with E-state index in [0.717, 1.165) is 67.6 Å². The van der Waals surface area contributed by atoms with E-state index in [-0.39, 0.29) is 0 Å². The molecule has 2 aromatic rings. The second-order valence-electron chi connectivity index (χ2n) is 8.16. The summed E-state index contributed by atoms with van der Waals surface area (Å²) in [6.07, 6.45) is 4.07. The normalized spacial score (nSPS) is 15.5. The van der Waals surface area contributed by atoms with Crippen LogP contribution in [0, 0.1) is 0 Å². The molecule has 0 saturated carbocycles. The summed E-state index contributed by atoms with van der Waals surface area (Å²) in [5.41, 5.74) is 8.23. The number of anilines is 1. The molecule has 0 atom stereocenters. The Morgan fingerprint density at radius 2 is 1.76 bits per heavy atom. The van der Waals surface area contributed by atoms with E-state index in [2.05, 4.69) is 21.9 Å². The van der Waals surface area contributed by atoms with Crippen molar-refractivity contribution in [2.75, 3.05) is 64.1 Å². The summed E-state index contributed by atoms with van der Waals surface area (Å²) in [5, 5.41) is 8.78. The summed E-state index contributed by atoms with van der Waals surface area (Å²) in [7, 11) is 3.34. The lowest BCUT2D eigenvalue weighted by molar-refractivity contribution is -0.132. The zero-order valence-corrected chi connectivity index (χ0v) is 20.9. The zero-order chi connectivity index (χ0) is 24.3. The number of rotatable bonds is 8. The predicted octanol–water partition coefficient (Wildman–Crippen LogP) is 3.83. The highest BCUT2D eigenvalue weighted by atomic mass is 32.2. The molecule has 34 heavy (non-hydrogen) atoms. The van der Waals surface area contributed by atoms with E-state index in [0.29, 0.717) is 11.3 Å². The number of hydrogen-bond acceptors (Lipinski definition) is 7. The van der Waals surface area contributed by atoms with Crippen molar-refractivity contribution >= 4 is 29.5 Å². The number of nitrogens with two attached hydrogens (primary N) is 1. The third kappa shape index (κ3) is 7.16. The fourth-order valence-corrected chi connectivity index (χ4v) is 4.96. The van der Waals surface area contributed by atoms with Crippen LogP contribution in [0.1, 0.15) is 18.4 Å². The van der Waals surface area contributed by atoms with Crippen LogP contribution in [0.15, 0.2) is 52.9 Å². The van der Waals surface area contributed by atoms with Gasteiger partial charge >= 0.3 is 5.97 Å². The van der Waals surface area contributed by atoms with E-state index < -0.39 is 5.97 Å². The first kappa shape index (κ1) is 25.9. The van der Waals surface area contributed by atoms with Crippen LogP contribution in [0.3, 0.4) is 0 Å². The first-order valence-corrected chi connectivity index (χ1v) is 12.6. The third-order valence-electron chi connectivity index (χ3n) is 5.94. The molecule has 2 aliphatic heterocycles. The van der Waals surface area contributed by atoms with E-state index in [1.54, 1.807) is 32.1 Å². The maximum Gasteiger partial charge on any atom is 0.332 e. The maximum absolute atomic E-state index is 10.7. The van der Waals surface area contributed by atoms with Crippen LogP contribution in [0.2, 0.25) is 0 Å². The average molecular weight is 486 g/mol. The van der Waals surface area contributed by atoms with E-state index in [9.17, 15) is 4.79 Å². The summed E-state index contributed by atoms with van der Waals surface area (Å²) in [6.45, 7) is 6.29. The number of piperazine rings is 1. The Kier molecular flexibility index (Phi) is 10.1. The molecule has 1 fully saturated rings. The summed E-state index contributed by atoms with van der Waals surface area (Å²) < 4.78 is 10.7. The Morgan fingerprint density at radius 1 is 1.03 bits per heavy atom. The highest BCUT2D eigenvalue weighted by molar-refractivity contribution is 7.99. The van der Waals surface area contributed by atoms with Crippen molar-refractivity contribution in [2.45, 2.75) is 17.7 Å². The molecule has 1 saturated heterocycles. The molecule has 0 spiro atoms. The number of aliphatic carboxylic acids is 1. The van der Waals surface area contributed by atoms with Gasteiger partial charge in [0.2, 0.25) is 0 Å². The molecule has 0 radical (unpaired) electrons.